The van der Waals surface area contributed by atoms with Crippen molar-refractivity contribution in [2.24, 2.45) is 0 Å². The lowest BCUT2D eigenvalue weighted by Gasteiger charge is -2.04. The number of rotatable bonds is 5. The molecule has 0 spiro atoms. The first-order valence-corrected chi connectivity index (χ1v) is 8.90. The van der Waals surface area contributed by atoms with E-state index in [1.165, 1.54) is 6.92 Å². The summed E-state index contributed by atoms with van der Waals surface area (Å²) in [5.74, 6) is 6.11. The number of aromatic nitrogens is 2. The van der Waals surface area contributed by atoms with Gasteiger partial charge in [0.2, 0.25) is 5.91 Å². The zero-order chi connectivity index (χ0) is 20.6. The van der Waals surface area contributed by atoms with Crippen LogP contribution in [0.25, 0.3) is 11.3 Å². The predicted octanol–water partition coefficient (Wildman–Crippen LogP) is 2.83. The van der Waals surface area contributed by atoms with E-state index < -0.39 is 0 Å². The summed E-state index contributed by atoms with van der Waals surface area (Å²) in [5, 5.41) is 12.3. The Morgan fingerprint density at radius 3 is 2.62 bits per heavy atom. The zero-order valence-corrected chi connectivity index (χ0v) is 16.1. The Morgan fingerprint density at radius 1 is 1.14 bits per heavy atom. The first-order valence-electron chi connectivity index (χ1n) is 8.90. The molecule has 2 aromatic carbocycles. The van der Waals surface area contributed by atoms with E-state index in [-0.39, 0.29) is 18.4 Å². The number of benzene rings is 2. The molecule has 7 heteroatoms. The van der Waals surface area contributed by atoms with Crippen molar-refractivity contribution in [3.05, 3.63) is 65.9 Å². The second-order valence-corrected chi connectivity index (χ2v) is 6.11. The number of H-pyrrole nitrogens is 1. The Bertz CT molecular complexity index is 1080. The third kappa shape index (κ3) is 5.23. The number of ether oxygens (including phenoxy) is 1. The quantitative estimate of drug-likeness (QED) is 0.586. The van der Waals surface area contributed by atoms with Gasteiger partial charge in [0.1, 0.15) is 11.4 Å². The van der Waals surface area contributed by atoms with Gasteiger partial charge in [0.15, 0.2) is 0 Å². The van der Waals surface area contributed by atoms with Crippen molar-refractivity contribution in [3.8, 4) is 28.8 Å². The van der Waals surface area contributed by atoms with Crippen LogP contribution in [0.1, 0.15) is 23.0 Å². The maximum Gasteiger partial charge on any atom is 0.270 e. The van der Waals surface area contributed by atoms with Crippen LogP contribution in [0.2, 0.25) is 0 Å². The summed E-state index contributed by atoms with van der Waals surface area (Å²) < 4.78 is 5.32. The molecule has 0 saturated heterocycles. The fourth-order valence-corrected chi connectivity index (χ4v) is 2.64. The van der Waals surface area contributed by atoms with Gasteiger partial charge in [-0.15, -0.1) is 0 Å². The lowest BCUT2D eigenvalue weighted by molar-refractivity contribution is -0.114. The molecule has 3 N–H and O–H groups in total. The van der Waals surface area contributed by atoms with Crippen LogP contribution in [-0.4, -0.2) is 35.7 Å². The smallest absolute Gasteiger partial charge is 0.270 e. The molecular weight excluding hydrogens is 368 g/mol. The van der Waals surface area contributed by atoms with E-state index in [0.717, 1.165) is 11.1 Å². The minimum Gasteiger partial charge on any atom is -0.496 e. The van der Waals surface area contributed by atoms with Gasteiger partial charge in [-0.1, -0.05) is 24.0 Å². The van der Waals surface area contributed by atoms with Crippen LogP contribution in [0, 0.1) is 11.8 Å². The molecule has 3 aromatic rings. The van der Waals surface area contributed by atoms with Crippen LogP contribution in [0.3, 0.4) is 0 Å². The maximum absolute atomic E-state index is 12.3. The number of amides is 2. The molecule has 0 saturated carbocycles. The highest BCUT2D eigenvalue weighted by molar-refractivity contribution is 5.93. The van der Waals surface area contributed by atoms with Crippen LogP contribution < -0.4 is 15.4 Å². The predicted molar refractivity (Wildman–Crippen MR) is 111 cm³/mol. The van der Waals surface area contributed by atoms with Gasteiger partial charge in [0.05, 0.1) is 19.3 Å². The van der Waals surface area contributed by atoms with E-state index in [2.05, 4.69) is 32.7 Å². The van der Waals surface area contributed by atoms with Gasteiger partial charge >= 0.3 is 0 Å². The molecule has 2 amide bonds. The van der Waals surface area contributed by atoms with E-state index in [1.54, 1.807) is 37.4 Å². The number of methoxy groups -OCH3 is 1. The van der Waals surface area contributed by atoms with Gasteiger partial charge in [-0.25, -0.2) is 0 Å². The summed E-state index contributed by atoms with van der Waals surface area (Å²) in [5.41, 5.74) is 3.26. The number of para-hydroxylation sites is 1. The molecule has 0 aliphatic heterocycles. The van der Waals surface area contributed by atoms with Gasteiger partial charge in [-0.3, -0.25) is 14.7 Å². The second kappa shape index (κ2) is 9.24. The minimum atomic E-state index is -0.297. The fourth-order valence-electron chi connectivity index (χ4n) is 2.64. The lowest BCUT2D eigenvalue weighted by atomic mass is 10.1. The SMILES string of the molecule is COc1ccccc1-c1cc(C(=O)NCC#Cc2ccc(NC(C)=O)cc2)[nH]n1. The van der Waals surface area contributed by atoms with E-state index in [4.69, 9.17) is 4.74 Å². The molecule has 146 valence electrons. The molecule has 0 aliphatic carbocycles. The van der Waals surface area contributed by atoms with Gasteiger partial charge in [-0.05, 0) is 42.5 Å². The van der Waals surface area contributed by atoms with Crippen molar-refractivity contribution in [1.29, 1.82) is 0 Å². The van der Waals surface area contributed by atoms with E-state index in [9.17, 15) is 9.59 Å². The summed E-state index contributed by atoms with van der Waals surface area (Å²) >= 11 is 0. The number of aromatic amines is 1. The van der Waals surface area contributed by atoms with Gasteiger partial charge < -0.3 is 15.4 Å². The number of nitrogens with zero attached hydrogens (tertiary/aromatic N) is 1. The van der Waals surface area contributed by atoms with Crippen molar-refractivity contribution < 1.29 is 14.3 Å². The molecule has 1 heterocycles. The summed E-state index contributed by atoms with van der Waals surface area (Å²) in [7, 11) is 1.59. The average molecular weight is 388 g/mol. The van der Waals surface area contributed by atoms with E-state index in [0.29, 0.717) is 22.8 Å². The second-order valence-electron chi connectivity index (χ2n) is 6.11. The third-order valence-electron chi connectivity index (χ3n) is 3.98. The number of carbonyl (C=O) groups is 2. The van der Waals surface area contributed by atoms with E-state index >= 15 is 0 Å². The molecule has 0 atom stereocenters. The summed E-state index contributed by atoms with van der Waals surface area (Å²) in [6, 6.07) is 16.3. The largest absolute Gasteiger partial charge is 0.496 e. The monoisotopic (exact) mass is 388 g/mol. The molecule has 0 aliphatic rings. The standard InChI is InChI=1S/C22H20N4O3/c1-15(27)24-17-11-9-16(10-12-17)6-5-13-23-22(28)20-14-19(25-26-20)18-7-3-4-8-21(18)29-2/h3-4,7-12,14H,13H2,1-2H3,(H,23,28)(H,24,27)(H,25,26). The highest BCUT2D eigenvalue weighted by atomic mass is 16.5. The molecule has 0 radical (unpaired) electrons. The Balaban J connectivity index is 1.58. The summed E-state index contributed by atoms with van der Waals surface area (Å²) in [6.07, 6.45) is 0. The molecule has 0 bridgehead atoms. The molecule has 3 rings (SSSR count). The summed E-state index contributed by atoms with van der Waals surface area (Å²) in [6.45, 7) is 1.64. The van der Waals surface area contributed by atoms with Crippen LogP contribution >= 0.6 is 0 Å². The highest BCUT2D eigenvalue weighted by Gasteiger charge is 2.12. The molecule has 0 unspecified atom stereocenters. The van der Waals surface area contributed by atoms with Crippen LogP contribution in [0.5, 0.6) is 5.75 Å². The van der Waals surface area contributed by atoms with Gasteiger partial charge in [-0.2, -0.15) is 5.10 Å². The first-order chi connectivity index (χ1) is 14.1. The molecular formula is C22H20N4O3. The number of anilines is 1. The average Bonchev–Trinajstić information content (AvgIpc) is 3.22. The summed E-state index contributed by atoms with van der Waals surface area (Å²) in [4.78, 5) is 23.3. The van der Waals surface area contributed by atoms with Crippen molar-refractivity contribution in [1.82, 2.24) is 15.5 Å². The minimum absolute atomic E-state index is 0.126. The van der Waals surface area contributed by atoms with Crippen molar-refractivity contribution in [2.45, 2.75) is 6.92 Å². The fraction of sp³-hybridized carbons (Fsp3) is 0.136. The first kappa shape index (κ1) is 19.7. The van der Waals surface area contributed by atoms with E-state index in [1.807, 2.05) is 24.3 Å². The van der Waals surface area contributed by atoms with Crippen molar-refractivity contribution in [2.75, 3.05) is 19.0 Å². The Labute approximate surface area is 168 Å². The number of carbonyl (C=O) groups excluding carboxylic acids is 2. The van der Waals surface area contributed by atoms with Crippen molar-refractivity contribution >= 4 is 17.5 Å². The highest BCUT2D eigenvalue weighted by Crippen LogP contribution is 2.28. The van der Waals surface area contributed by atoms with Crippen LogP contribution in [0.15, 0.2) is 54.6 Å². The Kier molecular flexibility index (Phi) is 6.28. The number of nitrogens with one attached hydrogen (secondary N) is 3. The van der Waals surface area contributed by atoms with Crippen LogP contribution in [-0.2, 0) is 4.79 Å². The normalized spacial score (nSPS) is 9.86. The molecule has 1 aromatic heterocycles. The Morgan fingerprint density at radius 2 is 1.90 bits per heavy atom. The maximum atomic E-state index is 12.3. The Hall–Kier alpha value is -4.05. The van der Waals surface area contributed by atoms with Gasteiger partial charge in [0.25, 0.3) is 5.91 Å². The third-order valence-corrected chi connectivity index (χ3v) is 3.98. The topological polar surface area (TPSA) is 96.1 Å². The number of hydrogen-bond donors (Lipinski definition) is 3. The lowest BCUT2D eigenvalue weighted by Crippen LogP contribution is -2.23. The molecule has 0 fully saturated rings. The van der Waals surface area contributed by atoms with Crippen LogP contribution in [0.4, 0.5) is 5.69 Å². The molecule has 29 heavy (non-hydrogen) atoms. The van der Waals surface area contributed by atoms with Crippen molar-refractivity contribution in [3.63, 3.8) is 0 Å². The molecule has 7 nitrogen and oxygen atoms in total. The zero-order valence-electron chi connectivity index (χ0n) is 16.1. The number of hydrogen-bond acceptors (Lipinski definition) is 4. The van der Waals surface area contributed by atoms with Gasteiger partial charge in [0, 0.05) is 23.7 Å².